The largest absolute Gasteiger partial charge is 0.490 e. The fourth-order valence-electron chi connectivity index (χ4n) is 5.09. The summed E-state index contributed by atoms with van der Waals surface area (Å²) in [4.78, 5) is 25.2. The smallest absolute Gasteiger partial charge is 0.477 e. The van der Waals surface area contributed by atoms with Gasteiger partial charge >= 0.3 is 18.1 Å². The predicted octanol–water partition coefficient (Wildman–Crippen LogP) is 5.58. The van der Waals surface area contributed by atoms with Crippen LogP contribution in [-0.2, 0) is 24.2 Å². The average molecular weight is 581 g/mol. The molecule has 0 saturated heterocycles. The van der Waals surface area contributed by atoms with Crippen molar-refractivity contribution in [3.63, 3.8) is 0 Å². The van der Waals surface area contributed by atoms with E-state index in [4.69, 9.17) is 15.0 Å². The molecule has 0 radical (unpaired) electrons. The summed E-state index contributed by atoms with van der Waals surface area (Å²) in [6.07, 6.45) is 1.82. The number of halogens is 3. The van der Waals surface area contributed by atoms with Crippen molar-refractivity contribution in [2.45, 2.75) is 44.3 Å². The zero-order valence-corrected chi connectivity index (χ0v) is 22.7. The molecule has 220 valence electrons. The van der Waals surface area contributed by atoms with Crippen molar-refractivity contribution in [1.29, 1.82) is 0 Å². The van der Waals surface area contributed by atoms with Gasteiger partial charge in [0, 0.05) is 36.0 Å². The number of aryl methyl sites for hydroxylation is 2. The number of aromatic carboxylic acids is 1. The molecular weight excluding hydrogens is 549 g/mol. The Hall–Kier alpha value is -4.51. The van der Waals surface area contributed by atoms with Gasteiger partial charge in [0.15, 0.2) is 0 Å². The average Bonchev–Trinajstić information content (AvgIpc) is 3.37. The maximum absolute atomic E-state index is 12.1. The van der Waals surface area contributed by atoms with E-state index in [1.807, 2.05) is 12.3 Å². The molecule has 0 aliphatic heterocycles. The van der Waals surface area contributed by atoms with Gasteiger partial charge in [0.05, 0.1) is 5.69 Å². The number of hydrogen-bond donors (Lipinski definition) is 3. The lowest BCUT2D eigenvalue weighted by Gasteiger charge is -2.18. The lowest BCUT2D eigenvalue weighted by molar-refractivity contribution is -0.192. The highest BCUT2D eigenvalue weighted by Gasteiger charge is 2.38. The normalized spacial score (nSPS) is 12.2. The molecule has 0 amide bonds. The third-order valence-corrected chi connectivity index (χ3v) is 7.04. The molecule has 2 aromatic heterocycles. The quantitative estimate of drug-likeness (QED) is 0.210. The first kappa shape index (κ1) is 30.4. The summed E-state index contributed by atoms with van der Waals surface area (Å²) in [6, 6.07) is 23.2. The summed E-state index contributed by atoms with van der Waals surface area (Å²) in [5.74, 6) is -3.32. The minimum atomic E-state index is -5.08. The van der Waals surface area contributed by atoms with Crippen LogP contribution in [0.4, 0.5) is 13.2 Å². The highest BCUT2D eigenvalue weighted by atomic mass is 19.4. The molecule has 5 rings (SSSR count). The Balaban J connectivity index is 0.000000517. The van der Waals surface area contributed by atoms with E-state index in [9.17, 15) is 23.1 Å². The van der Waals surface area contributed by atoms with Crippen LogP contribution in [0.1, 0.15) is 51.5 Å². The Morgan fingerprint density at radius 1 is 0.929 bits per heavy atom. The van der Waals surface area contributed by atoms with E-state index >= 15 is 0 Å². The van der Waals surface area contributed by atoms with E-state index in [0.29, 0.717) is 24.6 Å². The predicted molar refractivity (Wildman–Crippen MR) is 150 cm³/mol. The van der Waals surface area contributed by atoms with Crippen molar-refractivity contribution >= 4 is 11.9 Å². The van der Waals surface area contributed by atoms with Gasteiger partial charge in [0.25, 0.3) is 0 Å². The first-order valence-electron chi connectivity index (χ1n) is 13.5. The van der Waals surface area contributed by atoms with Crippen molar-refractivity contribution in [1.82, 2.24) is 20.1 Å². The number of fused-ring (bicyclic) bond motifs is 3. The molecule has 3 N–H and O–H groups in total. The van der Waals surface area contributed by atoms with Crippen LogP contribution in [0.2, 0.25) is 0 Å². The Bertz CT molecular complexity index is 1450. The number of rotatable bonds is 10. The number of pyridine rings is 1. The maximum atomic E-state index is 12.1. The molecule has 0 atom stereocenters. The monoisotopic (exact) mass is 580 g/mol. The fraction of sp³-hybridized carbons (Fsp3) is 0.290. The molecule has 8 nitrogen and oxygen atoms in total. The van der Waals surface area contributed by atoms with Gasteiger partial charge in [-0.15, -0.1) is 0 Å². The second-order valence-corrected chi connectivity index (χ2v) is 9.81. The van der Waals surface area contributed by atoms with Crippen LogP contribution in [0.3, 0.4) is 0 Å². The van der Waals surface area contributed by atoms with Gasteiger partial charge in [0.1, 0.15) is 5.69 Å². The first-order chi connectivity index (χ1) is 20.2. The molecule has 11 heteroatoms. The number of carboxylic acid groups (broad SMARTS) is 2. The summed E-state index contributed by atoms with van der Waals surface area (Å²) in [5.41, 5.74) is 6.76. The second-order valence-electron chi connectivity index (χ2n) is 9.81. The van der Waals surface area contributed by atoms with Gasteiger partial charge in [0.2, 0.25) is 0 Å². The minimum Gasteiger partial charge on any atom is -0.477 e. The standard InChI is InChI=1S/C29H30N4O2.C2HF3O2/c34-29(35)28-26-13-12-23-20-31-18-15-25(23)27(26)32-33(28)19-7-16-30-17-14-24(21-8-3-1-4-9-21)22-10-5-2-6-11-22;3-2(4,5)1(6)7/h1-6,8-11,15,18,20,24,30H,7,12-14,16-17,19H2,(H,34,35);(H,6,7). The molecular formula is C31H31F3N4O4. The number of nitrogens with one attached hydrogen (secondary N) is 1. The number of carboxylic acids is 2. The van der Waals surface area contributed by atoms with E-state index in [1.54, 1.807) is 10.9 Å². The van der Waals surface area contributed by atoms with Crippen molar-refractivity contribution < 1.29 is 33.0 Å². The molecule has 2 aromatic carbocycles. The summed E-state index contributed by atoms with van der Waals surface area (Å²) in [5, 5.41) is 25.3. The van der Waals surface area contributed by atoms with Crippen LogP contribution in [0, 0.1) is 0 Å². The van der Waals surface area contributed by atoms with Gasteiger partial charge in [-0.2, -0.15) is 18.3 Å². The summed E-state index contributed by atoms with van der Waals surface area (Å²) in [6.45, 7) is 2.26. The van der Waals surface area contributed by atoms with Crippen molar-refractivity contribution in [3.05, 3.63) is 107 Å². The first-order valence-corrected chi connectivity index (χ1v) is 13.5. The Morgan fingerprint density at radius 2 is 1.55 bits per heavy atom. The van der Waals surface area contributed by atoms with Gasteiger partial charge in [-0.05, 0) is 61.5 Å². The number of alkyl halides is 3. The van der Waals surface area contributed by atoms with E-state index < -0.39 is 18.1 Å². The summed E-state index contributed by atoms with van der Waals surface area (Å²) >= 11 is 0. The van der Waals surface area contributed by atoms with E-state index in [1.165, 1.54) is 11.1 Å². The Morgan fingerprint density at radius 3 is 2.12 bits per heavy atom. The third kappa shape index (κ3) is 7.61. The molecule has 0 bridgehead atoms. The van der Waals surface area contributed by atoms with Gasteiger partial charge in [-0.25, -0.2) is 9.59 Å². The van der Waals surface area contributed by atoms with Crippen LogP contribution in [-0.4, -0.2) is 56.2 Å². The number of nitrogens with zero attached hydrogens (tertiary/aromatic N) is 3. The van der Waals surface area contributed by atoms with Crippen LogP contribution >= 0.6 is 0 Å². The molecule has 0 unspecified atom stereocenters. The Labute approximate surface area is 240 Å². The van der Waals surface area contributed by atoms with Crippen LogP contribution in [0.25, 0.3) is 11.3 Å². The number of hydrogen-bond acceptors (Lipinski definition) is 5. The van der Waals surface area contributed by atoms with Crippen molar-refractivity contribution in [3.8, 4) is 11.3 Å². The molecule has 4 aromatic rings. The van der Waals surface area contributed by atoms with E-state index in [2.05, 4.69) is 71.0 Å². The molecule has 1 aliphatic rings. The number of carbonyl (C=O) groups is 2. The number of aliphatic carboxylic acids is 1. The van der Waals surface area contributed by atoms with Gasteiger partial charge in [-0.1, -0.05) is 60.7 Å². The molecule has 2 heterocycles. The maximum Gasteiger partial charge on any atom is 0.490 e. The number of benzene rings is 2. The second kappa shape index (κ2) is 13.9. The van der Waals surface area contributed by atoms with Gasteiger partial charge in [-0.3, -0.25) is 9.67 Å². The summed E-state index contributed by atoms with van der Waals surface area (Å²) in [7, 11) is 0. The van der Waals surface area contributed by atoms with Crippen LogP contribution in [0.15, 0.2) is 79.1 Å². The van der Waals surface area contributed by atoms with E-state index in [0.717, 1.165) is 54.7 Å². The topological polar surface area (TPSA) is 117 Å². The van der Waals surface area contributed by atoms with Crippen molar-refractivity contribution in [2.24, 2.45) is 0 Å². The zero-order valence-electron chi connectivity index (χ0n) is 22.7. The highest BCUT2D eigenvalue weighted by Crippen LogP contribution is 2.34. The van der Waals surface area contributed by atoms with E-state index in [-0.39, 0.29) is 0 Å². The SMILES string of the molecule is O=C(O)C(F)(F)F.O=C(O)c1c2c(nn1CCCNCCC(c1ccccc1)c1ccccc1)-c1ccncc1CC2. The van der Waals surface area contributed by atoms with Crippen LogP contribution in [0.5, 0.6) is 0 Å². The molecule has 0 saturated carbocycles. The third-order valence-electron chi connectivity index (χ3n) is 7.04. The van der Waals surface area contributed by atoms with Gasteiger partial charge < -0.3 is 15.5 Å². The van der Waals surface area contributed by atoms with Crippen molar-refractivity contribution in [2.75, 3.05) is 13.1 Å². The molecule has 42 heavy (non-hydrogen) atoms. The number of aromatic nitrogens is 3. The minimum absolute atomic E-state index is 0.329. The van der Waals surface area contributed by atoms with Crippen LogP contribution < -0.4 is 5.32 Å². The zero-order chi connectivity index (χ0) is 30.1. The highest BCUT2D eigenvalue weighted by molar-refractivity contribution is 5.90. The molecule has 0 spiro atoms. The molecule has 1 aliphatic carbocycles. The fourth-order valence-corrected chi connectivity index (χ4v) is 5.09. The lowest BCUT2D eigenvalue weighted by Crippen LogP contribution is -2.21. The summed E-state index contributed by atoms with van der Waals surface area (Å²) < 4.78 is 33.4. The molecule has 0 fully saturated rings. The lowest BCUT2D eigenvalue weighted by atomic mass is 9.88. The Kier molecular flexibility index (Phi) is 10.1.